The summed E-state index contributed by atoms with van der Waals surface area (Å²) in [5.41, 5.74) is -1.51. The molecular formula is C22H23ClO7S. The maximum absolute atomic E-state index is 13.6. The van der Waals surface area contributed by atoms with E-state index in [1.807, 2.05) is 0 Å². The fourth-order valence-electron chi connectivity index (χ4n) is 3.87. The molecule has 0 saturated heterocycles. The lowest BCUT2D eigenvalue weighted by molar-refractivity contribution is -0.164. The molecule has 166 valence electrons. The minimum Gasteiger partial charge on any atom is -0.497 e. The predicted molar refractivity (Wildman–Crippen MR) is 114 cm³/mol. The zero-order valence-electron chi connectivity index (χ0n) is 17.3. The van der Waals surface area contributed by atoms with Crippen molar-refractivity contribution in [2.24, 2.45) is 5.41 Å². The molecule has 0 aliphatic heterocycles. The van der Waals surface area contributed by atoms with Crippen LogP contribution in [0, 0.1) is 5.41 Å². The molecule has 3 rings (SSSR count). The first-order valence-corrected chi connectivity index (χ1v) is 11.6. The van der Waals surface area contributed by atoms with Crippen LogP contribution in [-0.4, -0.2) is 45.9 Å². The van der Waals surface area contributed by atoms with E-state index in [4.69, 9.17) is 25.8 Å². The van der Waals surface area contributed by atoms with E-state index in [-0.39, 0.29) is 18.1 Å². The summed E-state index contributed by atoms with van der Waals surface area (Å²) in [5.74, 6) is -2.26. The van der Waals surface area contributed by atoms with Crippen molar-refractivity contribution in [3.63, 3.8) is 0 Å². The highest BCUT2D eigenvalue weighted by Crippen LogP contribution is 2.65. The van der Waals surface area contributed by atoms with E-state index in [0.29, 0.717) is 16.3 Å². The van der Waals surface area contributed by atoms with E-state index in [1.54, 1.807) is 38.1 Å². The van der Waals surface area contributed by atoms with Crippen molar-refractivity contribution < 1.29 is 32.2 Å². The SMILES string of the molecule is CCOC(=O)C1(C(=O)OCC)C(c2ccc(OC)cc2)C1S(=O)(=O)c1ccc(Cl)cc1. The van der Waals surface area contributed by atoms with Crippen LogP contribution in [0.15, 0.2) is 53.4 Å². The second kappa shape index (κ2) is 8.88. The fourth-order valence-corrected chi connectivity index (χ4v) is 6.29. The Morgan fingerprint density at radius 2 is 1.45 bits per heavy atom. The Morgan fingerprint density at radius 3 is 1.90 bits per heavy atom. The number of hydrogen-bond acceptors (Lipinski definition) is 7. The monoisotopic (exact) mass is 466 g/mol. The lowest BCUT2D eigenvalue weighted by atomic mass is 9.99. The minimum atomic E-state index is -4.12. The van der Waals surface area contributed by atoms with Gasteiger partial charge in [0.05, 0.1) is 25.2 Å². The van der Waals surface area contributed by atoms with Crippen molar-refractivity contribution >= 4 is 33.4 Å². The van der Waals surface area contributed by atoms with Crippen molar-refractivity contribution in [1.82, 2.24) is 0 Å². The van der Waals surface area contributed by atoms with Gasteiger partial charge in [-0.1, -0.05) is 23.7 Å². The lowest BCUT2D eigenvalue weighted by Gasteiger charge is -2.15. The molecule has 7 nitrogen and oxygen atoms in total. The molecule has 2 aromatic carbocycles. The van der Waals surface area contributed by atoms with Gasteiger partial charge in [-0.3, -0.25) is 9.59 Å². The summed E-state index contributed by atoms with van der Waals surface area (Å²) in [7, 11) is -2.62. The third kappa shape index (κ3) is 3.90. The number of benzene rings is 2. The Bertz CT molecular complexity index is 1040. The second-order valence-electron chi connectivity index (χ2n) is 6.98. The van der Waals surface area contributed by atoms with E-state index >= 15 is 0 Å². The third-order valence-electron chi connectivity index (χ3n) is 5.31. The van der Waals surface area contributed by atoms with Gasteiger partial charge in [0, 0.05) is 10.9 Å². The smallest absolute Gasteiger partial charge is 0.325 e. The van der Waals surface area contributed by atoms with Gasteiger partial charge in [-0.05, 0) is 55.8 Å². The Hall–Kier alpha value is -2.58. The van der Waals surface area contributed by atoms with Gasteiger partial charge in [0.2, 0.25) is 0 Å². The van der Waals surface area contributed by atoms with E-state index in [2.05, 4.69) is 0 Å². The molecule has 0 spiro atoms. The molecule has 0 bridgehead atoms. The molecule has 1 aliphatic carbocycles. The molecule has 2 atom stereocenters. The number of carbonyl (C=O) groups is 2. The molecule has 0 N–H and O–H groups in total. The fraction of sp³-hybridized carbons (Fsp3) is 0.364. The van der Waals surface area contributed by atoms with Gasteiger partial charge in [0.25, 0.3) is 0 Å². The minimum absolute atomic E-state index is 0.0109. The Labute approximate surface area is 186 Å². The Morgan fingerprint density at radius 1 is 0.935 bits per heavy atom. The van der Waals surface area contributed by atoms with Gasteiger partial charge in [-0.25, -0.2) is 8.42 Å². The molecule has 2 aromatic rings. The maximum atomic E-state index is 13.6. The van der Waals surface area contributed by atoms with Crippen LogP contribution in [0.5, 0.6) is 5.75 Å². The van der Waals surface area contributed by atoms with E-state index in [0.717, 1.165) is 0 Å². The average molecular weight is 467 g/mol. The molecule has 1 aliphatic rings. The summed E-state index contributed by atoms with van der Waals surface area (Å²) in [4.78, 5) is 26.1. The number of esters is 2. The highest BCUT2D eigenvalue weighted by molar-refractivity contribution is 7.92. The van der Waals surface area contributed by atoms with Crippen LogP contribution >= 0.6 is 11.6 Å². The summed E-state index contributed by atoms with van der Waals surface area (Å²) < 4.78 is 42.6. The average Bonchev–Trinajstić information content (AvgIpc) is 3.47. The number of sulfone groups is 1. The molecule has 1 fully saturated rings. The summed E-state index contributed by atoms with van der Waals surface area (Å²) >= 11 is 5.89. The number of hydrogen-bond donors (Lipinski definition) is 0. The van der Waals surface area contributed by atoms with Gasteiger partial charge in [0.1, 0.15) is 11.0 Å². The lowest BCUT2D eigenvalue weighted by Crippen LogP contribution is -2.35. The van der Waals surface area contributed by atoms with Crippen LogP contribution in [0.1, 0.15) is 25.3 Å². The highest BCUT2D eigenvalue weighted by atomic mass is 35.5. The quantitative estimate of drug-likeness (QED) is 0.434. The number of methoxy groups -OCH3 is 1. The first-order valence-electron chi connectivity index (χ1n) is 9.72. The third-order valence-corrected chi connectivity index (χ3v) is 7.80. The largest absolute Gasteiger partial charge is 0.497 e. The number of halogens is 1. The Kier molecular flexibility index (Phi) is 6.62. The first-order chi connectivity index (χ1) is 14.7. The van der Waals surface area contributed by atoms with Crippen LogP contribution in [0.25, 0.3) is 0 Å². The van der Waals surface area contributed by atoms with Gasteiger partial charge in [-0.2, -0.15) is 0 Å². The van der Waals surface area contributed by atoms with Crippen LogP contribution < -0.4 is 4.74 Å². The van der Waals surface area contributed by atoms with Crippen molar-refractivity contribution in [2.45, 2.75) is 29.9 Å². The van der Waals surface area contributed by atoms with Gasteiger partial charge in [-0.15, -0.1) is 0 Å². The van der Waals surface area contributed by atoms with Crippen LogP contribution in [-0.2, 0) is 28.9 Å². The normalized spacial score (nSPS) is 19.4. The summed E-state index contributed by atoms with van der Waals surface area (Å²) in [5, 5.41) is -1.02. The number of carbonyl (C=O) groups excluding carboxylic acids is 2. The standard InChI is InChI=1S/C22H23ClO7S/c1-4-29-20(24)22(21(25)30-5-2)18(14-6-10-16(28-3)11-7-14)19(22)31(26,27)17-12-8-15(23)9-13-17/h6-13,18-19H,4-5H2,1-3H3. The molecule has 9 heteroatoms. The molecule has 2 unspecified atom stereocenters. The maximum Gasteiger partial charge on any atom is 0.325 e. The molecule has 1 saturated carbocycles. The second-order valence-corrected chi connectivity index (χ2v) is 9.49. The molecule has 0 heterocycles. The zero-order valence-corrected chi connectivity index (χ0v) is 18.9. The highest BCUT2D eigenvalue weighted by Gasteiger charge is 2.81. The van der Waals surface area contributed by atoms with Gasteiger partial charge >= 0.3 is 11.9 Å². The molecule has 0 radical (unpaired) electrons. The van der Waals surface area contributed by atoms with E-state index in [1.165, 1.54) is 31.4 Å². The molecule has 0 amide bonds. The summed E-state index contributed by atoms with van der Waals surface area (Å²) in [6.45, 7) is 3.15. The number of ether oxygens (including phenoxy) is 3. The molecular weight excluding hydrogens is 444 g/mol. The zero-order chi connectivity index (χ0) is 22.8. The van der Waals surface area contributed by atoms with Crippen molar-refractivity contribution in [3.8, 4) is 5.75 Å². The molecule has 0 aromatic heterocycles. The van der Waals surface area contributed by atoms with Crippen LogP contribution in [0.4, 0.5) is 0 Å². The van der Waals surface area contributed by atoms with Crippen LogP contribution in [0.2, 0.25) is 5.02 Å². The van der Waals surface area contributed by atoms with Crippen LogP contribution in [0.3, 0.4) is 0 Å². The molecule has 31 heavy (non-hydrogen) atoms. The summed E-state index contributed by atoms with van der Waals surface area (Å²) in [6, 6.07) is 12.1. The van der Waals surface area contributed by atoms with Crippen molar-refractivity contribution in [3.05, 3.63) is 59.1 Å². The summed E-state index contributed by atoms with van der Waals surface area (Å²) in [6.07, 6.45) is 0. The topological polar surface area (TPSA) is 96.0 Å². The first kappa shape index (κ1) is 23.1. The predicted octanol–water partition coefficient (Wildman–Crippen LogP) is 3.40. The van der Waals surface area contributed by atoms with E-state index in [9.17, 15) is 18.0 Å². The van der Waals surface area contributed by atoms with Crippen molar-refractivity contribution in [2.75, 3.05) is 20.3 Å². The Balaban J connectivity index is 2.18. The van der Waals surface area contributed by atoms with E-state index < -0.39 is 38.4 Å². The van der Waals surface area contributed by atoms with Gasteiger partial charge in [0.15, 0.2) is 15.3 Å². The van der Waals surface area contributed by atoms with Crippen molar-refractivity contribution in [1.29, 1.82) is 0 Å². The van der Waals surface area contributed by atoms with Gasteiger partial charge < -0.3 is 14.2 Å². The number of rotatable bonds is 8.